The third-order valence-electron chi connectivity index (χ3n) is 11.3. The van der Waals surface area contributed by atoms with Crippen LogP contribution in [0.2, 0.25) is 0 Å². The standard InChI is InChI=1S/C36H54N4O5/c1-23-28-18-27(35(28,3)4)19-29(23)37-34(44)33-32(24(2)42)30(22-41)45-40(33)20-26-12-10-11-25(17-26)13-16-36(14-8-7-9-15-36)38-31(43)21-39(5)6/h10-12,17,23-24,27-30,32-33,41-42H,7-9,14-15,18-22H2,1-6H3,(H,37,44)(H,38,43)/t23-,24-,27-,28+,29?,30-,32+,33-/m0/s1. The molecule has 9 nitrogen and oxygen atoms in total. The van der Waals surface area contributed by atoms with Gasteiger partial charge in [-0.25, -0.2) is 0 Å². The summed E-state index contributed by atoms with van der Waals surface area (Å²) in [7, 11) is 3.77. The summed E-state index contributed by atoms with van der Waals surface area (Å²) in [6, 6.07) is 7.20. The molecular weight excluding hydrogens is 568 g/mol. The Morgan fingerprint density at radius 2 is 1.91 bits per heavy atom. The summed E-state index contributed by atoms with van der Waals surface area (Å²) in [5.74, 6) is 7.59. The number of fused-ring (bicyclic) bond motifs is 2. The normalized spacial score (nSPS) is 32.6. The highest BCUT2D eigenvalue weighted by atomic mass is 16.7. The number of likely N-dealkylation sites (N-methyl/N-ethyl adjacent to an activating group) is 1. The Bertz CT molecular complexity index is 1280. The molecule has 2 amide bonds. The van der Waals surface area contributed by atoms with Crippen LogP contribution < -0.4 is 10.6 Å². The van der Waals surface area contributed by atoms with Crippen LogP contribution in [0.3, 0.4) is 0 Å². The van der Waals surface area contributed by atoms with Crippen LogP contribution in [0, 0.1) is 40.9 Å². The van der Waals surface area contributed by atoms with Gasteiger partial charge in [-0.2, -0.15) is 5.06 Å². The average molecular weight is 623 g/mol. The molecule has 0 aromatic heterocycles. The summed E-state index contributed by atoms with van der Waals surface area (Å²) >= 11 is 0. The van der Waals surface area contributed by atoms with Crippen molar-refractivity contribution in [3.05, 3.63) is 35.4 Å². The van der Waals surface area contributed by atoms with Crippen molar-refractivity contribution in [1.82, 2.24) is 20.6 Å². The van der Waals surface area contributed by atoms with Crippen LogP contribution in [-0.4, -0.2) is 89.1 Å². The average Bonchev–Trinajstić information content (AvgIpc) is 3.35. The third-order valence-corrected chi connectivity index (χ3v) is 11.3. The minimum absolute atomic E-state index is 0.0186. The second-order valence-corrected chi connectivity index (χ2v) is 15.1. The number of benzene rings is 1. The van der Waals surface area contributed by atoms with Gasteiger partial charge < -0.3 is 25.7 Å². The van der Waals surface area contributed by atoms with Crippen molar-refractivity contribution >= 4 is 11.8 Å². The number of nitrogens with zero attached hydrogens (tertiary/aromatic N) is 2. The van der Waals surface area contributed by atoms with Gasteiger partial charge in [0.1, 0.15) is 17.7 Å². The number of hydrogen-bond acceptors (Lipinski definition) is 7. The molecule has 9 heteroatoms. The number of hydrogen-bond donors (Lipinski definition) is 4. The quantitative estimate of drug-likeness (QED) is 0.313. The molecule has 1 aliphatic heterocycles. The van der Waals surface area contributed by atoms with Gasteiger partial charge in [0.15, 0.2) is 0 Å². The molecule has 8 atom stereocenters. The lowest BCUT2D eigenvalue weighted by molar-refractivity contribution is -0.183. The predicted molar refractivity (Wildman–Crippen MR) is 173 cm³/mol. The van der Waals surface area contributed by atoms with Gasteiger partial charge in [-0.15, -0.1) is 0 Å². The van der Waals surface area contributed by atoms with E-state index in [2.05, 4.69) is 43.2 Å². The SMILES string of the molecule is C[C@H](O)[C@@H]1[C@H](CO)ON(Cc2cccc(C#CC3(NC(=O)CN(C)C)CCCCC3)c2)[C@@H]1C(=O)NC1C[C@@H]2C[C@H]([C@@H]1C)C2(C)C. The zero-order valence-electron chi connectivity index (χ0n) is 28.0. The van der Waals surface area contributed by atoms with Crippen LogP contribution in [0.4, 0.5) is 0 Å². The van der Waals surface area contributed by atoms with Crippen LogP contribution in [0.25, 0.3) is 0 Å². The number of nitrogens with one attached hydrogen (secondary N) is 2. The number of aliphatic hydroxyl groups is 2. The molecule has 5 fully saturated rings. The lowest BCUT2D eigenvalue weighted by Crippen LogP contribution is -2.62. The lowest BCUT2D eigenvalue weighted by atomic mass is 9.45. The second kappa shape index (κ2) is 13.7. The number of amides is 2. The molecule has 45 heavy (non-hydrogen) atoms. The van der Waals surface area contributed by atoms with E-state index < -0.39 is 29.7 Å². The second-order valence-electron chi connectivity index (χ2n) is 15.1. The first kappa shape index (κ1) is 33.9. The fourth-order valence-electron chi connectivity index (χ4n) is 8.63. The summed E-state index contributed by atoms with van der Waals surface area (Å²) in [6.45, 7) is 8.93. The van der Waals surface area contributed by atoms with Gasteiger partial charge >= 0.3 is 0 Å². The van der Waals surface area contributed by atoms with E-state index in [-0.39, 0.29) is 24.5 Å². The van der Waals surface area contributed by atoms with Crippen molar-refractivity contribution in [2.24, 2.45) is 29.1 Å². The highest BCUT2D eigenvalue weighted by Crippen LogP contribution is 2.61. The summed E-state index contributed by atoms with van der Waals surface area (Å²) in [5.41, 5.74) is 1.51. The summed E-state index contributed by atoms with van der Waals surface area (Å²) in [4.78, 5) is 34.7. The molecule has 5 aliphatic rings. The minimum atomic E-state index is -0.842. The fourth-order valence-corrected chi connectivity index (χ4v) is 8.63. The first-order chi connectivity index (χ1) is 21.3. The topological polar surface area (TPSA) is 114 Å². The van der Waals surface area contributed by atoms with Gasteiger partial charge in [-0.3, -0.25) is 14.4 Å². The Kier molecular flexibility index (Phi) is 10.3. The van der Waals surface area contributed by atoms with E-state index in [1.807, 2.05) is 43.3 Å². The van der Waals surface area contributed by atoms with Gasteiger partial charge in [-0.05, 0) is 87.6 Å². The largest absolute Gasteiger partial charge is 0.394 e. The number of hydroxylamine groups is 2. The van der Waals surface area contributed by atoms with Crippen LogP contribution >= 0.6 is 0 Å². The molecule has 248 valence electrons. The summed E-state index contributed by atoms with van der Waals surface area (Å²) in [5, 5.41) is 29.1. The van der Waals surface area contributed by atoms with Crippen molar-refractivity contribution in [2.45, 2.75) is 109 Å². The molecule has 1 heterocycles. The maximum Gasteiger partial charge on any atom is 0.240 e. The highest BCUT2D eigenvalue weighted by molar-refractivity contribution is 5.83. The molecule has 0 radical (unpaired) electrons. The van der Waals surface area contributed by atoms with Gasteiger partial charge in [0.05, 0.1) is 25.8 Å². The molecule has 0 spiro atoms. The van der Waals surface area contributed by atoms with Crippen molar-refractivity contribution in [2.75, 3.05) is 27.2 Å². The molecule has 4 saturated carbocycles. The van der Waals surface area contributed by atoms with Crippen LogP contribution in [0.5, 0.6) is 0 Å². The van der Waals surface area contributed by atoms with E-state index in [4.69, 9.17) is 4.84 Å². The molecule has 4 N–H and O–H groups in total. The first-order valence-corrected chi connectivity index (χ1v) is 16.9. The number of rotatable bonds is 9. The Morgan fingerprint density at radius 3 is 2.53 bits per heavy atom. The number of carbonyl (C=O) groups is 2. The molecule has 1 saturated heterocycles. The molecule has 1 aromatic rings. The van der Waals surface area contributed by atoms with Gasteiger partial charge in [0.2, 0.25) is 11.8 Å². The van der Waals surface area contributed by atoms with Gasteiger partial charge in [0.25, 0.3) is 0 Å². The summed E-state index contributed by atoms with van der Waals surface area (Å²) in [6.07, 6.45) is 5.54. The van der Waals surface area contributed by atoms with Crippen molar-refractivity contribution in [3.8, 4) is 11.8 Å². The van der Waals surface area contributed by atoms with E-state index >= 15 is 0 Å². The Morgan fingerprint density at radius 1 is 1.18 bits per heavy atom. The molecular formula is C36H54N4O5. The highest BCUT2D eigenvalue weighted by Gasteiger charge is 2.57. The van der Waals surface area contributed by atoms with Crippen molar-refractivity contribution in [3.63, 3.8) is 0 Å². The van der Waals surface area contributed by atoms with Crippen molar-refractivity contribution in [1.29, 1.82) is 0 Å². The monoisotopic (exact) mass is 622 g/mol. The molecule has 4 aliphatic carbocycles. The molecule has 1 aromatic carbocycles. The van der Waals surface area contributed by atoms with E-state index in [9.17, 15) is 19.8 Å². The summed E-state index contributed by atoms with van der Waals surface area (Å²) < 4.78 is 0. The molecule has 2 bridgehead atoms. The molecule has 6 rings (SSSR count). The number of carbonyl (C=O) groups excluding carboxylic acids is 2. The molecule has 1 unspecified atom stereocenters. The Labute approximate surface area is 269 Å². The van der Waals surface area contributed by atoms with E-state index in [1.165, 1.54) is 6.42 Å². The van der Waals surface area contributed by atoms with Gasteiger partial charge in [0, 0.05) is 17.5 Å². The third kappa shape index (κ3) is 7.26. The van der Waals surface area contributed by atoms with E-state index in [0.29, 0.717) is 36.3 Å². The zero-order chi connectivity index (χ0) is 32.5. The Hall–Kier alpha value is -2.48. The zero-order valence-corrected chi connectivity index (χ0v) is 28.0. The fraction of sp³-hybridized carbons (Fsp3) is 0.722. The maximum atomic E-state index is 14.0. The van der Waals surface area contributed by atoms with Gasteiger partial charge in [-0.1, -0.05) is 64.0 Å². The number of aliphatic hydroxyl groups excluding tert-OH is 2. The smallest absolute Gasteiger partial charge is 0.240 e. The van der Waals surface area contributed by atoms with E-state index in [0.717, 1.165) is 49.7 Å². The first-order valence-electron chi connectivity index (χ1n) is 16.9. The minimum Gasteiger partial charge on any atom is -0.394 e. The van der Waals surface area contributed by atoms with Crippen LogP contribution in [-0.2, 0) is 21.0 Å². The predicted octanol–water partition coefficient (Wildman–Crippen LogP) is 3.08. The van der Waals surface area contributed by atoms with Crippen LogP contribution in [0.1, 0.15) is 83.8 Å². The van der Waals surface area contributed by atoms with E-state index in [1.54, 1.807) is 12.0 Å². The maximum absolute atomic E-state index is 14.0. The van der Waals surface area contributed by atoms with Crippen LogP contribution in [0.15, 0.2) is 24.3 Å². The Balaban J connectivity index is 1.33. The lowest BCUT2D eigenvalue weighted by Gasteiger charge is -2.62. The van der Waals surface area contributed by atoms with Crippen molar-refractivity contribution < 1.29 is 24.6 Å².